The third-order valence-corrected chi connectivity index (χ3v) is 5.51. The molecule has 146 valence electrons. The van der Waals surface area contributed by atoms with E-state index in [1.54, 1.807) is 0 Å². The third-order valence-electron chi connectivity index (χ3n) is 5.51. The van der Waals surface area contributed by atoms with Gasteiger partial charge in [-0.2, -0.15) is 0 Å². The summed E-state index contributed by atoms with van der Waals surface area (Å²) in [6.07, 6.45) is 5.40. The zero-order chi connectivity index (χ0) is 18.4. The summed E-state index contributed by atoms with van der Waals surface area (Å²) in [7, 11) is 2.23. The number of ether oxygens (including phenoxy) is 1. The quantitative estimate of drug-likeness (QED) is 0.546. The lowest BCUT2D eigenvalue weighted by molar-refractivity contribution is -0.0835. The summed E-state index contributed by atoms with van der Waals surface area (Å²) in [6, 6.07) is 1.27. The molecule has 5 heteroatoms. The highest BCUT2D eigenvalue weighted by Crippen LogP contribution is 2.33. The predicted molar refractivity (Wildman–Crippen MR) is 106 cm³/mol. The molecule has 1 saturated carbocycles. The molecule has 3 unspecified atom stereocenters. The number of likely N-dealkylation sites (N-methyl/N-ethyl adjacent to an activating group) is 1. The van der Waals surface area contributed by atoms with E-state index in [9.17, 15) is 0 Å². The molecule has 1 saturated heterocycles. The number of nitrogens with zero attached hydrogens (tertiary/aromatic N) is 2. The first-order chi connectivity index (χ1) is 11.8. The Morgan fingerprint density at radius 2 is 1.96 bits per heavy atom. The van der Waals surface area contributed by atoms with E-state index in [0.29, 0.717) is 18.1 Å². The van der Waals surface area contributed by atoms with Gasteiger partial charge in [0.1, 0.15) is 0 Å². The smallest absolute Gasteiger partial charge is 0.191 e. The van der Waals surface area contributed by atoms with Crippen molar-refractivity contribution in [2.24, 2.45) is 16.3 Å². The van der Waals surface area contributed by atoms with Crippen LogP contribution in [0.4, 0.5) is 0 Å². The van der Waals surface area contributed by atoms with Crippen molar-refractivity contribution in [3.05, 3.63) is 0 Å². The van der Waals surface area contributed by atoms with Crippen LogP contribution in [0.1, 0.15) is 60.3 Å². The molecule has 3 atom stereocenters. The van der Waals surface area contributed by atoms with Gasteiger partial charge in [0.25, 0.3) is 0 Å². The summed E-state index contributed by atoms with van der Waals surface area (Å²) >= 11 is 0. The van der Waals surface area contributed by atoms with Gasteiger partial charge in [0.2, 0.25) is 0 Å². The van der Waals surface area contributed by atoms with E-state index in [1.807, 2.05) is 0 Å². The van der Waals surface area contributed by atoms with Crippen LogP contribution in [0.3, 0.4) is 0 Å². The largest absolute Gasteiger partial charge is 0.377 e. The van der Waals surface area contributed by atoms with E-state index in [1.165, 1.54) is 19.3 Å². The first kappa shape index (κ1) is 20.5. The van der Waals surface area contributed by atoms with E-state index in [-0.39, 0.29) is 5.41 Å². The van der Waals surface area contributed by atoms with E-state index < -0.39 is 0 Å². The Bertz CT molecular complexity index is 428. The van der Waals surface area contributed by atoms with Gasteiger partial charge in [-0.05, 0) is 52.0 Å². The molecule has 0 bridgehead atoms. The lowest BCUT2D eigenvalue weighted by Gasteiger charge is -2.40. The molecule has 2 fully saturated rings. The molecule has 0 aromatic heterocycles. The summed E-state index contributed by atoms with van der Waals surface area (Å²) in [5, 5.41) is 6.97. The molecule has 0 spiro atoms. The topological polar surface area (TPSA) is 48.9 Å². The van der Waals surface area contributed by atoms with Gasteiger partial charge < -0.3 is 15.4 Å². The fourth-order valence-corrected chi connectivity index (χ4v) is 3.77. The highest BCUT2D eigenvalue weighted by molar-refractivity contribution is 5.79. The minimum Gasteiger partial charge on any atom is -0.377 e. The van der Waals surface area contributed by atoms with E-state index in [2.05, 4.69) is 57.2 Å². The lowest BCUT2D eigenvalue weighted by Crippen LogP contribution is -2.47. The van der Waals surface area contributed by atoms with Crippen LogP contribution in [0, 0.1) is 11.3 Å². The molecule has 1 aliphatic carbocycles. The van der Waals surface area contributed by atoms with E-state index >= 15 is 0 Å². The Labute approximate surface area is 155 Å². The van der Waals surface area contributed by atoms with Crippen molar-refractivity contribution < 1.29 is 4.74 Å². The molecule has 5 nitrogen and oxygen atoms in total. The number of hydrogen-bond donors (Lipinski definition) is 2. The number of guanidine groups is 1. The van der Waals surface area contributed by atoms with Crippen LogP contribution < -0.4 is 10.6 Å². The summed E-state index contributed by atoms with van der Waals surface area (Å²) in [5.74, 6) is 1.49. The van der Waals surface area contributed by atoms with Crippen molar-refractivity contribution in [1.82, 2.24) is 15.5 Å². The van der Waals surface area contributed by atoms with Crippen molar-refractivity contribution in [2.45, 2.75) is 78.5 Å². The molecule has 1 aliphatic heterocycles. The van der Waals surface area contributed by atoms with E-state index in [0.717, 1.165) is 44.7 Å². The molecule has 0 amide bonds. The molecule has 2 N–H and O–H groups in total. The van der Waals surface area contributed by atoms with E-state index in [4.69, 9.17) is 9.73 Å². The van der Waals surface area contributed by atoms with Crippen LogP contribution >= 0.6 is 0 Å². The molecule has 0 aromatic carbocycles. The van der Waals surface area contributed by atoms with Gasteiger partial charge in [-0.1, -0.05) is 20.8 Å². The standard InChI is InChI=1S/C20H40N4O/c1-7-21-19(22-13-15(2)24(6)17-10-11-17)23-14-16-9-8-12-25-18(16)20(3,4)5/h15-18H,7-14H2,1-6H3,(H2,21,22,23). The third kappa shape index (κ3) is 6.45. The molecule has 0 aromatic rings. The molecule has 25 heavy (non-hydrogen) atoms. The van der Waals surface area contributed by atoms with Gasteiger partial charge >= 0.3 is 0 Å². The summed E-state index contributed by atoms with van der Waals surface area (Å²) in [6.45, 7) is 14.8. The highest BCUT2D eigenvalue weighted by atomic mass is 16.5. The average molecular weight is 353 g/mol. The first-order valence-electron chi connectivity index (χ1n) is 10.2. The minimum absolute atomic E-state index is 0.184. The second-order valence-corrected chi connectivity index (χ2v) is 8.91. The van der Waals surface area contributed by atoms with Crippen molar-refractivity contribution in [1.29, 1.82) is 0 Å². The molecular weight excluding hydrogens is 312 g/mol. The number of rotatable bonds is 7. The van der Waals surface area contributed by atoms with Crippen molar-refractivity contribution >= 4 is 5.96 Å². The van der Waals surface area contributed by atoms with Crippen LogP contribution in [0.25, 0.3) is 0 Å². The molecule has 2 rings (SSSR count). The van der Waals surface area contributed by atoms with Gasteiger partial charge in [-0.25, -0.2) is 0 Å². The maximum atomic E-state index is 6.10. The number of nitrogens with one attached hydrogen (secondary N) is 2. The zero-order valence-electron chi connectivity index (χ0n) is 17.3. The zero-order valence-corrected chi connectivity index (χ0v) is 17.3. The van der Waals surface area contributed by atoms with Gasteiger partial charge in [0.05, 0.1) is 12.6 Å². The van der Waals surface area contributed by atoms with Crippen LogP contribution in [0.5, 0.6) is 0 Å². The van der Waals surface area contributed by atoms with Crippen molar-refractivity contribution in [3.63, 3.8) is 0 Å². The van der Waals surface area contributed by atoms with Crippen LogP contribution in [-0.2, 0) is 4.74 Å². The first-order valence-corrected chi connectivity index (χ1v) is 10.2. The summed E-state index contributed by atoms with van der Waals surface area (Å²) < 4.78 is 6.10. The van der Waals surface area contributed by atoms with Crippen LogP contribution in [-0.4, -0.2) is 62.3 Å². The minimum atomic E-state index is 0.184. The Hall–Kier alpha value is -0.810. The second-order valence-electron chi connectivity index (χ2n) is 8.91. The Kier molecular flexibility index (Phi) is 7.56. The Balaban J connectivity index is 1.87. The van der Waals surface area contributed by atoms with Gasteiger partial charge in [0, 0.05) is 37.7 Å². The maximum Gasteiger partial charge on any atom is 0.191 e. The Morgan fingerprint density at radius 3 is 2.56 bits per heavy atom. The van der Waals surface area contributed by atoms with Gasteiger partial charge in [-0.3, -0.25) is 9.89 Å². The maximum absolute atomic E-state index is 6.10. The monoisotopic (exact) mass is 352 g/mol. The van der Waals surface area contributed by atoms with Crippen molar-refractivity contribution in [3.8, 4) is 0 Å². The van der Waals surface area contributed by atoms with Gasteiger partial charge in [0.15, 0.2) is 5.96 Å². The van der Waals surface area contributed by atoms with Gasteiger partial charge in [-0.15, -0.1) is 0 Å². The Morgan fingerprint density at radius 1 is 1.24 bits per heavy atom. The summed E-state index contributed by atoms with van der Waals surface area (Å²) in [4.78, 5) is 7.30. The normalized spacial score (nSPS) is 26.6. The molecule has 2 aliphatic rings. The number of hydrogen-bond acceptors (Lipinski definition) is 3. The van der Waals surface area contributed by atoms with Crippen LogP contribution in [0.2, 0.25) is 0 Å². The number of aliphatic imine (C=N–C) groups is 1. The fourth-order valence-electron chi connectivity index (χ4n) is 3.77. The van der Waals surface area contributed by atoms with Crippen molar-refractivity contribution in [2.75, 3.05) is 33.3 Å². The SMILES string of the molecule is CCNC(=NCC(C)N(C)C1CC1)NCC1CCCOC1C(C)(C)C. The predicted octanol–water partition coefficient (Wildman–Crippen LogP) is 2.87. The van der Waals surface area contributed by atoms with Crippen LogP contribution in [0.15, 0.2) is 4.99 Å². The second kappa shape index (κ2) is 9.22. The average Bonchev–Trinajstić information content (AvgIpc) is 3.40. The molecule has 1 heterocycles. The summed E-state index contributed by atoms with van der Waals surface area (Å²) in [5.41, 5.74) is 0.184. The lowest BCUT2D eigenvalue weighted by atomic mass is 9.78. The molecule has 0 radical (unpaired) electrons. The fraction of sp³-hybridized carbons (Fsp3) is 0.950. The molecular formula is C20H40N4O. The highest BCUT2D eigenvalue weighted by Gasteiger charge is 2.35.